The van der Waals surface area contributed by atoms with E-state index in [9.17, 15) is 43.5 Å². The first kappa shape index (κ1) is 111. The number of carbonyl (C=O) groups is 3. The number of esters is 3. The molecule has 0 aliphatic heterocycles. The van der Waals surface area contributed by atoms with Crippen LogP contribution in [0.1, 0.15) is 355 Å². The van der Waals surface area contributed by atoms with Gasteiger partial charge in [0.25, 0.3) is 0 Å². The number of rotatable bonds is 85. The van der Waals surface area contributed by atoms with Gasteiger partial charge >= 0.3 is 33.6 Å². The van der Waals surface area contributed by atoms with E-state index in [0.717, 1.165) is 141 Å². The van der Waals surface area contributed by atoms with Crippen LogP contribution >= 0.6 is 15.6 Å². The van der Waals surface area contributed by atoms with Crippen LogP contribution in [-0.4, -0.2) is 95.9 Å². The van der Waals surface area contributed by atoms with Crippen LogP contribution in [0.2, 0.25) is 0 Å². The van der Waals surface area contributed by atoms with Crippen molar-refractivity contribution < 1.29 is 75.8 Å². The van der Waals surface area contributed by atoms with Gasteiger partial charge in [-0.15, -0.1) is 0 Å². The van der Waals surface area contributed by atoms with Gasteiger partial charge in [-0.1, -0.05) is 376 Å². The average Bonchev–Trinajstić information content (AvgIpc) is 0.899. The van der Waals surface area contributed by atoms with Crippen molar-refractivity contribution in [3.8, 4) is 0 Å². The molecule has 0 aliphatic rings. The van der Waals surface area contributed by atoms with Crippen molar-refractivity contribution in [3.05, 3.63) is 194 Å². The number of hydrogen-bond acceptors (Lipinski definition) is 14. The summed E-state index contributed by atoms with van der Waals surface area (Å²) in [5.74, 6) is -1.68. The van der Waals surface area contributed by atoms with Crippen molar-refractivity contribution in [1.29, 1.82) is 0 Å². The van der Waals surface area contributed by atoms with Crippen molar-refractivity contribution in [3.63, 3.8) is 0 Å². The van der Waals surface area contributed by atoms with Gasteiger partial charge in [0.15, 0.2) is 6.10 Å². The zero-order valence-corrected chi connectivity index (χ0v) is 75.1. The number of aliphatic hydroxyl groups is 2. The topological polar surface area (TPSA) is 231 Å². The van der Waals surface area contributed by atoms with Crippen LogP contribution in [0.5, 0.6) is 0 Å². The van der Waals surface area contributed by atoms with Crippen LogP contribution < -0.4 is 0 Å². The van der Waals surface area contributed by atoms with Crippen LogP contribution in [0.3, 0.4) is 0 Å². The number of aliphatic hydroxyl groups excluding tert-OH is 2. The molecule has 0 radical (unpaired) electrons. The van der Waals surface area contributed by atoms with Crippen LogP contribution in [0, 0.1) is 0 Å². The van der Waals surface area contributed by atoms with Crippen LogP contribution in [0.15, 0.2) is 194 Å². The standard InChI is InChI=1S/C99H164O16P2/c1-4-7-10-13-16-19-22-25-28-31-34-36-38-40-42-44-45-46-47-49-51-52-54-56-59-61-64-67-70-73-76-79-82-85-97(102)109-88-94(100)89-111-116(105,106)112-90-95(101)91-113-117(107,108)114-93-96(115-99(104)87-84-81-78-75-72-69-66-63-58-33-30-27-24-21-18-15-12-9-6-3)92-110-98(103)86-83-80-77-74-71-68-65-62-60-57-55-53-50-48-43-41-39-37-35-32-29-26-23-20-17-14-11-8-5-2/h8-9,11-12,16-21,25-30,34-37,40-43,50,53,58,63,69,72,78,81,94-96,100-101H,4-7,10,13-15,22-24,31-33,38-39,44-49,51-52,54-57,59-62,64-68,70-71,73-77,79-80,82-93H2,1-3H3,(H,105,106)(H,107,108)/b11-8-,12-9-,19-16-,20-17-,21-18-,28-25-,29-26-,30-27-,36-34-,37-35-,42-40-,43-41-,53-50-,63-58-,72-69-,81-78-. The summed E-state index contributed by atoms with van der Waals surface area (Å²) in [6.07, 6.45) is 119. The highest BCUT2D eigenvalue weighted by Gasteiger charge is 2.29. The van der Waals surface area contributed by atoms with Gasteiger partial charge in [-0.3, -0.25) is 32.5 Å². The molecule has 0 fully saturated rings. The van der Waals surface area contributed by atoms with Crippen molar-refractivity contribution in [2.75, 3.05) is 39.6 Å². The first-order valence-corrected chi connectivity index (χ1v) is 48.7. The summed E-state index contributed by atoms with van der Waals surface area (Å²) in [6, 6.07) is 0. The number of phosphoric acid groups is 2. The molecule has 5 atom stereocenters. The van der Waals surface area contributed by atoms with E-state index in [-0.39, 0.29) is 19.3 Å². The molecule has 0 aliphatic carbocycles. The average molecular weight is 1670 g/mol. The lowest BCUT2D eigenvalue weighted by molar-refractivity contribution is -0.161. The molecule has 18 heteroatoms. The summed E-state index contributed by atoms with van der Waals surface area (Å²) in [7, 11) is -9.84. The molecule has 0 rings (SSSR count). The quantitative estimate of drug-likeness (QED) is 0.0146. The first-order valence-electron chi connectivity index (χ1n) is 45.7. The Morgan fingerprint density at radius 1 is 0.248 bits per heavy atom. The Labute approximate surface area is 712 Å². The van der Waals surface area contributed by atoms with Crippen molar-refractivity contribution in [2.24, 2.45) is 0 Å². The molecule has 0 bridgehead atoms. The highest BCUT2D eigenvalue weighted by Crippen LogP contribution is 2.45. The predicted octanol–water partition coefficient (Wildman–Crippen LogP) is 28.2. The van der Waals surface area contributed by atoms with Crippen molar-refractivity contribution in [1.82, 2.24) is 0 Å². The Morgan fingerprint density at radius 3 is 0.752 bits per heavy atom. The molecular formula is C99H164O16P2. The normalized spacial score (nSPS) is 14.7. The first-order chi connectivity index (χ1) is 57.2. The molecule has 0 aromatic carbocycles. The minimum Gasteiger partial charge on any atom is -0.463 e. The highest BCUT2D eigenvalue weighted by molar-refractivity contribution is 7.47. The third-order valence-electron chi connectivity index (χ3n) is 18.8. The lowest BCUT2D eigenvalue weighted by Crippen LogP contribution is -2.29. The summed E-state index contributed by atoms with van der Waals surface area (Å²) in [5.41, 5.74) is 0. The van der Waals surface area contributed by atoms with Gasteiger partial charge in [-0.05, 0) is 154 Å². The molecule has 5 unspecified atom stereocenters. The Bertz CT molecular complexity index is 2910. The van der Waals surface area contributed by atoms with Gasteiger partial charge in [0.05, 0.1) is 26.4 Å². The van der Waals surface area contributed by atoms with E-state index in [1.807, 2.05) is 18.2 Å². The Balaban J connectivity index is 4.59. The molecule has 0 aromatic heterocycles. The zero-order valence-electron chi connectivity index (χ0n) is 73.3. The fourth-order valence-electron chi connectivity index (χ4n) is 11.9. The summed E-state index contributed by atoms with van der Waals surface area (Å²) in [4.78, 5) is 58.9. The molecule has 4 N–H and O–H groups in total. The van der Waals surface area contributed by atoms with Gasteiger partial charge in [-0.25, -0.2) is 9.13 Å². The lowest BCUT2D eigenvalue weighted by atomic mass is 10.0. The fourth-order valence-corrected chi connectivity index (χ4v) is 13.5. The number of phosphoric ester groups is 2. The number of ether oxygens (including phenoxy) is 3. The maximum absolute atomic E-state index is 13.0. The van der Waals surface area contributed by atoms with E-state index in [1.54, 1.807) is 0 Å². The molecule has 0 aromatic rings. The minimum absolute atomic E-state index is 0.0281. The molecular weight excluding hydrogens is 1510 g/mol. The molecule has 0 spiro atoms. The largest absolute Gasteiger partial charge is 0.472 e. The fraction of sp³-hybridized carbons (Fsp3) is 0.646. The second-order valence-electron chi connectivity index (χ2n) is 30.0. The second kappa shape index (κ2) is 89.6. The van der Waals surface area contributed by atoms with E-state index in [0.29, 0.717) is 25.7 Å². The summed E-state index contributed by atoms with van der Waals surface area (Å²) >= 11 is 0. The minimum atomic E-state index is -4.97. The van der Waals surface area contributed by atoms with Gasteiger partial charge in [0.2, 0.25) is 0 Å². The van der Waals surface area contributed by atoms with Gasteiger partial charge in [0.1, 0.15) is 25.4 Å². The van der Waals surface area contributed by atoms with Gasteiger partial charge < -0.3 is 34.2 Å². The summed E-state index contributed by atoms with van der Waals surface area (Å²) in [5, 5.41) is 20.7. The Hall–Kier alpha value is -5.61. The maximum atomic E-state index is 13.0. The molecule has 0 amide bonds. The second-order valence-corrected chi connectivity index (χ2v) is 32.9. The number of allylic oxidation sites excluding steroid dienone is 32. The van der Waals surface area contributed by atoms with Gasteiger partial charge in [0, 0.05) is 19.3 Å². The SMILES string of the molecule is CC/C=C\C/C=C\C/C=C\C/C=C\C/C=C\C/C=C\CCCCCCCCCCCCC(=O)OCC(COP(=O)(O)OCC(O)COP(=O)(O)OCC(O)COC(=O)CCCCCCCCCCCCCCCCCCC/C=C\C/C=C\C/C=C\C/C=C\CCCCC)OC(=O)CC/C=C\C/C=C\C/C=C\C/C=C\C/C=C\C/C=C\CC. The summed E-state index contributed by atoms with van der Waals surface area (Å²) in [6.45, 7) is 2.35. The van der Waals surface area contributed by atoms with Crippen molar-refractivity contribution >= 4 is 33.6 Å². The highest BCUT2D eigenvalue weighted by atomic mass is 31.2. The smallest absolute Gasteiger partial charge is 0.463 e. The van der Waals surface area contributed by atoms with Crippen LogP contribution in [0.25, 0.3) is 0 Å². The maximum Gasteiger partial charge on any atom is 0.472 e. The third kappa shape index (κ3) is 91.0. The van der Waals surface area contributed by atoms with Crippen molar-refractivity contribution in [2.45, 2.75) is 373 Å². The number of carbonyl (C=O) groups excluding carboxylic acids is 3. The van der Waals surface area contributed by atoms with E-state index < -0.39 is 91.5 Å². The molecule has 16 nitrogen and oxygen atoms in total. The molecule has 0 saturated carbocycles. The molecule has 0 saturated heterocycles. The van der Waals surface area contributed by atoms with E-state index in [1.165, 1.54) is 148 Å². The monoisotopic (exact) mass is 1670 g/mol. The van der Waals surface area contributed by atoms with E-state index in [4.69, 9.17) is 32.3 Å². The predicted molar refractivity (Wildman–Crippen MR) is 491 cm³/mol. The van der Waals surface area contributed by atoms with Crippen LogP contribution in [0.4, 0.5) is 0 Å². The molecule has 666 valence electrons. The Morgan fingerprint density at radius 2 is 0.470 bits per heavy atom. The summed E-state index contributed by atoms with van der Waals surface area (Å²) < 4.78 is 61.3. The molecule has 0 heterocycles. The third-order valence-corrected chi connectivity index (χ3v) is 20.7. The van der Waals surface area contributed by atoms with Crippen LogP contribution in [-0.2, 0) is 55.8 Å². The zero-order chi connectivity index (χ0) is 85.1. The van der Waals surface area contributed by atoms with Gasteiger partial charge in [-0.2, -0.15) is 0 Å². The lowest BCUT2D eigenvalue weighted by Gasteiger charge is -2.21. The molecule has 117 heavy (non-hydrogen) atoms. The van der Waals surface area contributed by atoms with E-state index >= 15 is 0 Å². The number of unbranched alkanes of at least 4 members (excludes halogenated alkanes) is 30. The number of hydrogen-bond donors (Lipinski definition) is 4. The van der Waals surface area contributed by atoms with E-state index in [2.05, 4.69) is 197 Å². The Kier molecular flexibility index (Phi) is 85.3.